The minimum atomic E-state index is -0.947. The van der Waals surface area contributed by atoms with Gasteiger partial charge < -0.3 is 14.9 Å². The Morgan fingerprint density at radius 1 is 0.720 bits per heavy atom. The molecule has 4 rings (SSSR count). The lowest BCUT2D eigenvalue weighted by Crippen LogP contribution is -2.10. The summed E-state index contributed by atoms with van der Waals surface area (Å²) in [6.45, 7) is 1.57. The van der Waals surface area contributed by atoms with Crippen LogP contribution in [0.4, 0.5) is 0 Å². The summed E-state index contributed by atoms with van der Waals surface area (Å²) in [5.74, 6) is 0.728. The Kier molecular flexibility index (Phi) is 3.79. The monoisotopic (exact) mass is 330 g/mol. The van der Waals surface area contributed by atoms with Gasteiger partial charge in [0, 0.05) is 11.1 Å². The third-order valence-electron chi connectivity index (χ3n) is 4.35. The maximum absolute atomic E-state index is 10.7. The van der Waals surface area contributed by atoms with Gasteiger partial charge in [0.05, 0.1) is 0 Å². The van der Waals surface area contributed by atoms with E-state index in [1.54, 1.807) is 13.0 Å². The van der Waals surface area contributed by atoms with Crippen LogP contribution in [0, 0.1) is 0 Å². The Morgan fingerprint density at radius 2 is 1.28 bits per heavy atom. The van der Waals surface area contributed by atoms with Gasteiger partial charge in [0.15, 0.2) is 6.29 Å². The fourth-order valence-electron chi connectivity index (χ4n) is 3.31. The van der Waals surface area contributed by atoms with Gasteiger partial charge in [-0.25, -0.2) is 0 Å². The van der Waals surface area contributed by atoms with Crippen molar-refractivity contribution >= 4 is 21.5 Å². The van der Waals surface area contributed by atoms with Gasteiger partial charge in [-0.1, -0.05) is 60.7 Å². The summed E-state index contributed by atoms with van der Waals surface area (Å²) in [5.41, 5.74) is 1.50. The molecule has 3 heteroatoms. The molecule has 4 aromatic rings. The van der Waals surface area contributed by atoms with Gasteiger partial charge >= 0.3 is 0 Å². The van der Waals surface area contributed by atoms with Crippen molar-refractivity contribution in [2.75, 3.05) is 0 Å². The highest BCUT2D eigenvalue weighted by Gasteiger charge is 2.18. The van der Waals surface area contributed by atoms with Gasteiger partial charge in [-0.15, -0.1) is 0 Å². The van der Waals surface area contributed by atoms with Gasteiger partial charge in [0.25, 0.3) is 0 Å². The Hall–Kier alpha value is -3.04. The largest absolute Gasteiger partial charge is 0.507 e. The van der Waals surface area contributed by atoms with Crippen LogP contribution in [0.1, 0.15) is 6.92 Å². The summed E-state index contributed by atoms with van der Waals surface area (Å²) in [6, 6.07) is 23.3. The first-order valence-electron chi connectivity index (χ1n) is 8.23. The average Bonchev–Trinajstić information content (AvgIpc) is 2.62. The molecule has 0 heterocycles. The van der Waals surface area contributed by atoms with Crippen LogP contribution in [0.3, 0.4) is 0 Å². The lowest BCUT2D eigenvalue weighted by atomic mass is 9.92. The predicted octanol–water partition coefficient (Wildman–Crippen LogP) is 5.08. The molecular weight excluding hydrogens is 312 g/mol. The second kappa shape index (κ2) is 6.11. The van der Waals surface area contributed by atoms with E-state index in [1.165, 1.54) is 0 Å². The lowest BCUT2D eigenvalue weighted by molar-refractivity contribution is 0.000224. The Labute approximate surface area is 145 Å². The van der Waals surface area contributed by atoms with Crippen molar-refractivity contribution in [3.63, 3.8) is 0 Å². The summed E-state index contributed by atoms with van der Waals surface area (Å²) in [5, 5.41) is 24.4. The first-order valence-corrected chi connectivity index (χ1v) is 8.23. The van der Waals surface area contributed by atoms with Crippen molar-refractivity contribution < 1.29 is 14.9 Å². The number of rotatable bonds is 3. The van der Waals surface area contributed by atoms with Crippen molar-refractivity contribution in [3.05, 3.63) is 72.8 Å². The number of ether oxygens (including phenoxy) is 1. The van der Waals surface area contributed by atoms with Crippen molar-refractivity contribution in [2.24, 2.45) is 0 Å². The molecule has 0 spiro atoms. The molecule has 4 aromatic carbocycles. The van der Waals surface area contributed by atoms with Crippen LogP contribution in [0.15, 0.2) is 72.8 Å². The number of aliphatic hydroxyl groups excluding tert-OH is 1. The van der Waals surface area contributed by atoms with Gasteiger partial charge in [-0.2, -0.15) is 0 Å². The first kappa shape index (κ1) is 15.5. The summed E-state index contributed by atoms with van der Waals surface area (Å²) >= 11 is 0. The summed E-state index contributed by atoms with van der Waals surface area (Å²) in [4.78, 5) is 0. The van der Waals surface area contributed by atoms with Crippen LogP contribution in [-0.2, 0) is 0 Å². The van der Waals surface area contributed by atoms with E-state index in [1.807, 2.05) is 66.7 Å². The molecule has 124 valence electrons. The highest BCUT2D eigenvalue weighted by Crippen LogP contribution is 2.45. The average molecular weight is 330 g/mol. The number of benzene rings is 4. The van der Waals surface area contributed by atoms with Crippen molar-refractivity contribution in [2.45, 2.75) is 13.2 Å². The molecular formula is C22H18O3. The number of aromatic hydroxyl groups is 1. The minimum Gasteiger partial charge on any atom is -0.507 e. The SMILES string of the molecule is CC(O)Oc1ccc2ccccc2c1-c1c(O)ccc2ccccc12. The molecule has 0 amide bonds. The second-order valence-electron chi connectivity index (χ2n) is 6.06. The van der Waals surface area contributed by atoms with Gasteiger partial charge in [0.2, 0.25) is 0 Å². The van der Waals surface area contributed by atoms with E-state index in [-0.39, 0.29) is 5.75 Å². The second-order valence-corrected chi connectivity index (χ2v) is 6.06. The summed E-state index contributed by atoms with van der Waals surface area (Å²) < 4.78 is 5.66. The molecule has 3 nitrogen and oxygen atoms in total. The van der Waals surface area contributed by atoms with E-state index < -0.39 is 6.29 Å². The fraction of sp³-hybridized carbons (Fsp3) is 0.0909. The molecule has 0 fully saturated rings. The van der Waals surface area contributed by atoms with E-state index in [9.17, 15) is 10.2 Å². The number of phenolic OH excluding ortho intramolecular Hbond substituents is 1. The Bertz CT molecular complexity index is 1070. The number of phenols is 1. The van der Waals surface area contributed by atoms with E-state index in [2.05, 4.69) is 0 Å². The highest BCUT2D eigenvalue weighted by atomic mass is 16.6. The van der Waals surface area contributed by atoms with Crippen molar-refractivity contribution in [1.82, 2.24) is 0 Å². The standard InChI is InChI=1S/C22H18O3/c1-14(23)25-20-13-11-16-7-3-5-9-18(16)22(20)21-17-8-4-2-6-15(17)10-12-19(21)24/h2-14,23-24H,1H3. The third-order valence-corrected chi connectivity index (χ3v) is 4.35. The van der Waals surface area contributed by atoms with Crippen molar-refractivity contribution in [1.29, 1.82) is 0 Å². The van der Waals surface area contributed by atoms with Crippen LogP contribution < -0.4 is 4.74 Å². The van der Waals surface area contributed by atoms with Crippen LogP contribution in [0.25, 0.3) is 32.7 Å². The zero-order valence-electron chi connectivity index (χ0n) is 13.8. The molecule has 0 aliphatic rings. The van der Waals surface area contributed by atoms with Crippen LogP contribution in [0.2, 0.25) is 0 Å². The molecule has 0 aliphatic carbocycles. The molecule has 0 aromatic heterocycles. The predicted molar refractivity (Wildman–Crippen MR) is 101 cm³/mol. The molecule has 0 aliphatic heterocycles. The number of hydrogen-bond acceptors (Lipinski definition) is 3. The zero-order valence-corrected chi connectivity index (χ0v) is 13.8. The zero-order chi connectivity index (χ0) is 17.4. The quantitative estimate of drug-likeness (QED) is 0.515. The molecule has 2 N–H and O–H groups in total. The van der Waals surface area contributed by atoms with Gasteiger partial charge in [0.1, 0.15) is 11.5 Å². The molecule has 1 unspecified atom stereocenters. The smallest absolute Gasteiger partial charge is 0.194 e. The molecule has 1 atom stereocenters. The van der Waals surface area contributed by atoms with E-state index in [4.69, 9.17) is 4.74 Å². The van der Waals surface area contributed by atoms with E-state index in [0.29, 0.717) is 11.3 Å². The number of hydrogen-bond donors (Lipinski definition) is 2. The maximum Gasteiger partial charge on any atom is 0.194 e. The molecule has 0 radical (unpaired) electrons. The molecule has 25 heavy (non-hydrogen) atoms. The third kappa shape index (κ3) is 2.69. The van der Waals surface area contributed by atoms with Gasteiger partial charge in [-0.05, 0) is 40.6 Å². The topological polar surface area (TPSA) is 49.7 Å². The Balaban J connectivity index is 2.15. The minimum absolute atomic E-state index is 0.186. The number of aliphatic hydroxyl groups is 1. The van der Waals surface area contributed by atoms with Gasteiger partial charge in [-0.3, -0.25) is 0 Å². The fourth-order valence-corrected chi connectivity index (χ4v) is 3.31. The molecule has 0 bridgehead atoms. The molecule has 0 saturated carbocycles. The van der Waals surface area contributed by atoms with Crippen LogP contribution in [0.5, 0.6) is 11.5 Å². The van der Waals surface area contributed by atoms with E-state index in [0.717, 1.165) is 27.1 Å². The van der Waals surface area contributed by atoms with Crippen LogP contribution in [-0.4, -0.2) is 16.5 Å². The van der Waals surface area contributed by atoms with Crippen LogP contribution >= 0.6 is 0 Å². The van der Waals surface area contributed by atoms with E-state index >= 15 is 0 Å². The van der Waals surface area contributed by atoms with Crippen molar-refractivity contribution in [3.8, 4) is 22.6 Å². The lowest BCUT2D eigenvalue weighted by Gasteiger charge is -2.18. The number of fused-ring (bicyclic) bond motifs is 2. The normalized spacial score (nSPS) is 12.4. The molecule has 0 saturated heterocycles. The maximum atomic E-state index is 10.7. The Morgan fingerprint density at radius 3 is 1.92 bits per heavy atom. The highest BCUT2D eigenvalue weighted by molar-refractivity contribution is 6.09. The first-order chi connectivity index (χ1) is 12.1. The summed E-state index contributed by atoms with van der Waals surface area (Å²) in [6.07, 6.45) is -0.947. The summed E-state index contributed by atoms with van der Waals surface area (Å²) in [7, 11) is 0.